The van der Waals surface area contributed by atoms with Gasteiger partial charge in [-0.2, -0.15) is 5.10 Å². The Morgan fingerprint density at radius 2 is 1.73 bits per heavy atom. The van der Waals surface area contributed by atoms with Gasteiger partial charge in [0.1, 0.15) is 5.69 Å². The smallest absolute Gasteiger partial charge is 0.224 e. The van der Waals surface area contributed by atoms with Crippen LogP contribution in [0.2, 0.25) is 0 Å². The van der Waals surface area contributed by atoms with Crippen molar-refractivity contribution in [2.45, 2.75) is 38.5 Å². The van der Waals surface area contributed by atoms with E-state index >= 15 is 0 Å². The van der Waals surface area contributed by atoms with Crippen LogP contribution >= 0.6 is 0 Å². The predicted octanol–water partition coefficient (Wildman–Crippen LogP) is 5.83. The number of rotatable bonds is 6. The van der Waals surface area contributed by atoms with Crippen molar-refractivity contribution in [1.82, 2.24) is 30.0 Å². The monoisotopic (exact) mass is 548 g/mol. The zero-order chi connectivity index (χ0) is 27.8. The SMILES string of the molecule is CN1CCN(c2cncc3[nH]c(-c4n[nH]c5ccc(-c6cncc(NC(=O)CC7CCCCC7)c6)cc45)cc23)CC1. The third-order valence-corrected chi connectivity index (χ3v) is 8.74. The minimum atomic E-state index is 0.0765. The first-order valence-corrected chi connectivity index (χ1v) is 14.7. The van der Waals surface area contributed by atoms with Crippen molar-refractivity contribution in [3.05, 3.63) is 55.1 Å². The lowest BCUT2D eigenvalue weighted by Gasteiger charge is -2.34. The Balaban J connectivity index is 1.16. The summed E-state index contributed by atoms with van der Waals surface area (Å²) < 4.78 is 0. The van der Waals surface area contributed by atoms with Crippen LogP contribution in [0.15, 0.2) is 55.1 Å². The van der Waals surface area contributed by atoms with Crippen LogP contribution in [-0.2, 0) is 4.79 Å². The summed E-state index contributed by atoms with van der Waals surface area (Å²) in [6, 6.07) is 10.5. The normalized spacial score (nSPS) is 17.0. The number of amides is 1. The Labute approximate surface area is 239 Å². The van der Waals surface area contributed by atoms with E-state index in [0.29, 0.717) is 12.3 Å². The average Bonchev–Trinajstić information content (AvgIpc) is 3.62. The Morgan fingerprint density at radius 1 is 0.902 bits per heavy atom. The molecular weight excluding hydrogens is 512 g/mol. The highest BCUT2D eigenvalue weighted by Gasteiger charge is 2.20. The molecule has 9 heteroatoms. The average molecular weight is 549 g/mol. The summed E-state index contributed by atoms with van der Waals surface area (Å²) in [6.45, 7) is 4.06. The number of nitrogens with zero attached hydrogens (tertiary/aromatic N) is 5. The van der Waals surface area contributed by atoms with Crippen molar-refractivity contribution in [3.63, 3.8) is 0 Å². The van der Waals surface area contributed by atoms with Crippen molar-refractivity contribution >= 4 is 39.1 Å². The number of likely N-dealkylation sites (N-methyl/N-ethyl adjacent to an activating group) is 1. The first kappa shape index (κ1) is 25.7. The molecule has 1 saturated carbocycles. The number of pyridine rings is 2. The molecule has 5 aromatic rings. The molecule has 1 amide bonds. The number of hydrogen-bond acceptors (Lipinski definition) is 6. The summed E-state index contributed by atoms with van der Waals surface area (Å²) >= 11 is 0. The van der Waals surface area contributed by atoms with E-state index in [1.54, 1.807) is 6.20 Å². The van der Waals surface area contributed by atoms with Gasteiger partial charge >= 0.3 is 0 Å². The Kier molecular flexibility index (Phi) is 6.88. The van der Waals surface area contributed by atoms with Gasteiger partial charge in [-0.05, 0) is 55.6 Å². The zero-order valence-electron chi connectivity index (χ0n) is 23.5. The Bertz CT molecular complexity index is 1690. The minimum absolute atomic E-state index is 0.0765. The van der Waals surface area contributed by atoms with Crippen molar-refractivity contribution < 1.29 is 4.79 Å². The maximum absolute atomic E-state index is 12.7. The van der Waals surface area contributed by atoms with Crippen LogP contribution in [0.25, 0.3) is 44.3 Å². The maximum atomic E-state index is 12.7. The maximum Gasteiger partial charge on any atom is 0.224 e. The number of aromatic nitrogens is 5. The van der Waals surface area contributed by atoms with Gasteiger partial charge in [0.15, 0.2) is 0 Å². The third-order valence-electron chi connectivity index (χ3n) is 8.74. The van der Waals surface area contributed by atoms with Gasteiger partial charge in [-0.15, -0.1) is 0 Å². The summed E-state index contributed by atoms with van der Waals surface area (Å²) in [7, 11) is 2.17. The van der Waals surface area contributed by atoms with E-state index in [4.69, 9.17) is 5.10 Å². The zero-order valence-corrected chi connectivity index (χ0v) is 23.5. The van der Waals surface area contributed by atoms with Crippen molar-refractivity contribution in [1.29, 1.82) is 0 Å². The molecule has 0 bridgehead atoms. The quantitative estimate of drug-likeness (QED) is 0.247. The van der Waals surface area contributed by atoms with E-state index in [1.165, 1.54) is 19.3 Å². The Hall–Kier alpha value is -4.24. The molecule has 7 rings (SSSR count). The van der Waals surface area contributed by atoms with Crippen LogP contribution in [-0.4, -0.2) is 69.2 Å². The molecule has 1 aliphatic carbocycles. The van der Waals surface area contributed by atoms with Gasteiger partial charge in [0.05, 0.1) is 46.7 Å². The number of hydrogen-bond donors (Lipinski definition) is 3. The molecule has 1 aliphatic heterocycles. The second kappa shape index (κ2) is 11.0. The Morgan fingerprint density at radius 3 is 2.59 bits per heavy atom. The summed E-state index contributed by atoms with van der Waals surface area (Å²) in [5.74, 6) is 0.576. The molecule has 210 valence electrons. The molecular formula is C32H36N8O. The molecule has 0 atom stereocenters. The third kappa shape index (κ3) is 5.29. The molecule has 3 N–H and O–H groups in total. The van der Waals surface area contributed by atoms with Crippen molar-refractivity contribution in [2.24, 2.45) is 5.92 Å². The lowest BCUT2D eigenvalue weighted by atomic mass is 9.87. The number of fused-ring (bicyclic) bond motifs is 2. The van der Waals surface area contributed by atoms with E-state index in [1.807, 2.05) is 24.7 Å². The van der Waals surface area contributed by atoms with Crippen LogP contribution in [0.5, 0.6) is 0 Å². The minimum Gasteiger partial charge on any atom is -0.367 e. The standard InChI is InChI=1S/C32H36N8O/c1-39-9-11-40(12-10-39)30-20-34-19-29-25(30)16-28(36-29)32-26-15-22(7-8-27(26)37-38-32)23-14-24(18-33-17-23)35-31(41)13-21-5-3-2-4-6-21/h7-8,14-21,36H,2-6,9-13H2,1H3,(H,35,41)(H,37,38). The lowest BCUT2D eigenvalue weighted by molar-refractivity contribution is -0.117. The molecule has 0 radical (unpaired) electrons. The molecule has 2 aliphatic rings. The van der Waals surface area contributed by atoms with Gasteiger partial charge in [-0.3, -0.25) is 19.9 Å². The van der Waals surface area contributed by atoms with E-state index in [0.717, 1.165) is 94.7 Å². The van der Waals surface area contributed by atoms with Crippen LogP contribution < -0.4 is 10.2 Å². The van der Waals surface area contributed by atoms with Crippen LogP contribution in [0, 0.1) is 5.92 Å². The number of H-pyrrole nitrogens is 2. The molecule has 1 aromatic carbocycles. The highest BCUT2D eigenvalue weighted by molar-refractivity contribution is 6.00. The molecule has 1 saturated heterocycles. The summed E-state index contributed by atoms with van der Waals surface area (Å²) in [4.78, 5) is 30.0. The fourth-order valence-corrected chi connectivity index (χ4v) is 6.39. The highest BCUT2D eigenvalue weighted by Crippen LogP contribution is 2.35. The number of carbonyl (C=O) groups excluding carboxylic acids is 1. The molecule has 0 spiro atoms. The molecule has 2 fully saturated rings. The van der Waals surface area contributed by atoms with Gasteiger partial charge in [-0.1, -0.05) is 25.3 Å². The van der Waals surface area contributed by atoms with Crippen LogP contribution in [0.1, 0.15) is 38.5 Å². The second-order valence-corrected chi connectivity index (χ2v) is 11.6. The molecule has 41 heavy (non-hydrogen) atoms. The first-order chi connectivity index (χ1) is 20.1. The van der Waals surface area contributed by atoms with Gasteiger partial charge in [0.2, 0.25) is 5.91 Å². The number of piperazine rings is 1. The van der Waals surface area contributed by atoms with E-state index in [9.17, 15) is 4.79 Å². The highest BCUT2D eigenvalue weighted by atomic mass is 16.1. The number of anilines is 2. The predicted molar refractivity (Wildman–Crippen MR) is 164 cm³/mol. The van der Waals surface area contributed by atoms with Gasteiger partial charge < -0.3 is 20.1 Å². The largest absolute Gasteiger partial charge is 0.367 e. The van der Waals surface area contributed by atoms with Crippen molar-refractivity contribution in [3.8, 4) is 22.5 Å². The number of nitrogens with one attached hydrogen (secondary N) is 3. The van der Waals surface area contributed by atoms with Gasteiger partial charge in [0, 0.05) is 55.1 Å². The molecule has 4 aromatic heterocycles. The topological polar surface area (TPSA) is 106 Å². The lowest BCUT2D eigenvalue weighted by Crippen LogP contribution is -2.44. The summed E-state index contributed by atoms with van der Waals surface area (Å²) in [5.41, 5.74) is 7.65. The first-order valence-electron chi connectivity index (χ1n) is 14.7. The fraction of sp³-hybridized carbons (Fsp3) is 0.375. The molecule has 9 nitrogen and oxygen atoms in total. The second-order valence-electron chi connectivity index (χ2n) is 11.6. The van der Waals surface area contributed by atoms with Crippen LogP contribution in [0.4, 0.5) is 11.4 Å². The van der Waals surface area contributed by atoms with E-state index < -0.39 is 0 Å². The molecule has 5 heterocycles. The molecule has 0 unspecified atom stereocenters. The number of benzene rings is 1. The van der Waals surface area contributed by atoms with Gasteiger partial charge in [0.25, 0.3) is 0 Å². The van der Waals surface area contributed by atoms with Crippen molar-refractivity contribution in [2.75, 3.05) is 43.4 Å². The van der Waals surface area contributed by atoms with E-state index in [-0.39, 0.29) is 5.91 Å². The fourth-order valence-electron chi connectivity index (χ4n) is 6.39. The summed E-state index contributed by atoms with van der Waals surface area (Å²) in [5, 5.41) is 13.1. The van der Waals surface area contributed by atoms with E-state index in [2.05, 4.69) is 66.5 Å². The van der Waals surface area contributed by atoms with Gasteiger partial charge in [-0.25, -0.2) is 0 Å². The summed E-state index contributed by atoms with van der Waals surface area (Å²) in [6.07, 6.45) is 14.1. The number of aromatic amines is 2. The number of carbonyl (C=O) groups is 1. The van der Waals surface area contributed by atoms with Crippen LogP contribution in [0.3, 0.4) is 0 Å².